The fourth-order valence-corrected chi connectivity index (χ4v) is 5.57. The van der Waals surface area contributed by atoms with Crippen LogP contribution in [0.15, 0.2) is 54.9 Å². The molecule has 2 aliphatic rings. The van der Waals surface area contributed by atoms with Crippen LogP contribution < -0.4 is 15.0 Å². The Labute approximate surface area is 192 Å². The van der Waals surface area contributed by atoms with Crippen molar-refractivity contribution in [2.45, 2.75) is 11.3 Å². The first-order chi connectivity index (χ1) is 15.0. The molecule has 1 N–H and O–H groups in total. The Morgan fingerprint density at radius 3 is 2.74 bits per heavy atom. The molecule has 9 heteroatoms. The summed E-state index contributed by atoms with van der Waals surface area (Å²) in [5.74, 6) is 0.338. The molecule has 0 bridgehead atoms. The molecule has 31 heavy (non-hydrogen) atoms. The van der Waals surface area contributed by atoms with Crippen LogP contribution in [0.25, 0.3) is 15.7 Å². The molecule has 2 unspecified atom stereocenters. The lowest BCUT2D eigenvalue weighted by Gasteiger charge is -2.33. The molecule has 3 aromatic rings. The summed E-state index contributed by atoms with van der Waals surface area (Å²) in [7, 11) is 1.58. The number of anilines is 1. The number of imide groups is 1. The van der Waals surface area contributed by atoms with Gasteiger partial charge in [0.25, 0.3) is 5.91 Å². The number of nitrogens with zero attached hydrogens (tertiary/aromatic N) is 2. The molecule has 156 valence electrons. The zero-order chi connectivity index (χ0) is 21.7. The van der Waals surface area contributed by atoms with Gasteiger partial charge in [-0.2, -0.15) is 0 Å². The maximum absolute atomic E-state index is 13.4. The number of pyridine rings is 1. The molecule has 2 atom stereocenters. The van der Waals surface area contributed by atoms with Gasteiger partial charge in [-0.15, -0.1) is 11.8 Å². The molecule has 2 aromatic carbocycles. The summed E-state index contributed by atoms with van der Waals surface area (Å²) in [6.07, 6.45) is 4.98. The third-order valence-corrected chi connectivity index (χ3v) is 7.30. The molecule has 5 rings (SSSR count). The van der Waals surface area contributed by atoms with Crippen LogP contribution in [0.2, 0.25) is 10.0 Å². The third kappa shape index (κ3) is 3.33. The monoisotopic (exact) mass is 471 g/mol. The fourth-order valence-electron chi connectivity index (χ4n) is 3.78. The van der Waals surface area contributed by atoms with Gasteiger partial charge < -0.3 is 10.1 Å². The van der Waals surface area contributed by atoms with Gasteiger partial charge >= 0.3 is 6.03 Å². The molecular weight excluding hydrogens is 457 g/mol. The number of methoxy groups -OCH3 is 1. The highest BCUT2D eigenvalue weighted by molar-refractivity contribution is 8.09. The summed E-state index contributed by atoms with van der Waals surface area (Å²) in [5, 5.41) is 4.79. The van der Waals surface area contributed by atoms with E-state index in [1.165, 1.54) is 18.0 Å². The van der Waals surface area contributed by atoms with Crippen LogP contribution in [-0.4, -0.2) is 35.3 Å². The number of ether oxygens (including phenoxy) is 1. The number of thioether (sulfide) groups is 1. The van der Waals surface area contributed by atoms with Crippen molar-refractivity contribution in [3.8, 4) is 5.75 Å². The minimum absolute atomic E-state index is 0.321. The van der Waals surface area contributed by atoms with Crippen molar-refractivity contribution in [1.82, 2.24) is 10.3 Å². The summed E-state index contributed by atoms with van der Waals surface area (Å²) >= 11 is 14.0. The molecule has 1 fully saturated rings. The maximum Gasteiger partial charge on any atom is 0.329 e. The number of carbonyl (C=O) groups is 2. The number of fused-ring (bicyclic) bond motifs is 2. The number of rotatable bonds is 3. The number of amides is 3. The van der Waals surface area contributed by atoms with Crippen molar-refractivity contribution < 1.29 is 14.3 Å². The van der Waals surface area contributed by atoms with E-state index in [1.54, 1.807) is 37.6 Å². The minimum Gasteiger partial charge on any atom is -0.497 e. The highest BCUT2D eigenvalue weighted by atomic mass is 35.5. The number of aromatic nitrogens is 1. The number of hydrogen-bond donors (Lipinski definition) is 1. The first kappa shape index (κ1) is 20.2. The predicted octanol–water partition coefficient (Wildman–Crippen LogP) is 5.13. The number of carbonyl (C=O) groups excluding carboxylic acids is 2. The Balaban J connectivity index is 1.51. The molecule has 3 amide bonds. The van der Waals surface area contributed by atoms with Gasteiger partial charge in [-0.05, 0) is 30.3 Å². The average molecular weight is 472 g/mol. The van der Waals surface area contributed by atoms with Gasteiger partial charge in [-0.3, -0.25) is 9.78 Å². The molecule has 6 nitrogen and oxygen atoms in total. The average Bonchev–Trinajstić information content (AvgIpc) is 3.19. The van der Waals surface area contributed by atoms with Crippen molar-refractivity contribution in [3.63, 3.8) is 0 Å². The lowest BCUT2D eigenvalue weighted by molar-refractivity contribution is -0.118. The minimum atomic E-state index is -0.524. The molecule has 0 radical (unpaired) electrons. The van der Waals surface area contributed by atoms with E-state index in [1.807, 2.05) is 18.2 Å². The zero-order valence-electron chi connectivity index (χ0n) is 16.1. The van der Waals surface area contributed by atoms with Gasteiger partial charge in [0.05, 0.1) is 30.1 Å². The van der Waals surface area contributed by atoms with Crippen LogP contribution in [-0.2, 0) is 4.79 Å². The van der Waals surface area contributed by atoms with Crippen LogP contribution in [0.5, 0.6) is 5.75 Å². The largest absolute Gasteiger partial charge is 0.497 e. The van der Waals surface area contributed by atoms with Crippen LogP contribution in [0.3, 0.4) is 0 Å². The second kappa shape index (κ2) is 7.75. The molecule has 1 saturated heterocycles. The second-order valence-corrected chi connectivity index (χ2v) is 9.06. The van der Waals surface area contributed by atoms with E-state index in [0.29, 0.717) is 32.3 Å². The van der Waals surface area contributed by atoms with Crippen LogP contribution in [0, 0.1) is 0 Å². The second-order valence-electron chi connectivity index (χ2n) is 7.06. The quantitative estimate of drug-likeness (QED) is 0.572. The lowest BCUT2D eigenvalue weighted by Crippen LogP contribution is -2.60. The Kier molecular flexibility index (Phi) is 5.04. The van der Waals surface area contributed by atoms with Crippen LogP contribution in [0.4, 0.5) is 10.5 Å². The van der Waals surface area contributed by atoms with E-state index in [2.05, 4.69) is 10.3 Å². The molecule has 1 aromatic heterocycles. The summed E-state index contributed by atoms with van der Waals surface area (Å²) in [6.45, 7) is 0. The van der Waals surface area contributed by atoms with Crippen molar-refractivity contribution >= 4 is 68.3 Å². The Bertz CT molecular complexity index is 1280. The van der Waals surface area contributed by atoms with Gasteiger partial charge in [0.15, 0.2) is 0 Å². The molecule has 0 aliphatic carbocycles. The smallest absolute Gasteiger partial charge is 0.329 e. The van der Waals surface area contributed by atoms with Gasteiger partial charge in [-0.25, -0.2) is 9.69 Å². The summed E-state index contributed by atoms with van der Waals surface area (Å²) in [5.41, 5.74) is 1.15. The Morgan fingerprint density at radius 2 is 1.94 bits per heavy atom. The number of hydrogen-bond acceptors (Lipinski definition) is 5. The maximum atomic E-state index is 13.4. The van der Waals surface area contributed by atoms with Crippen molar-refractivity contribution in [1.29, 1.82) is 0 Å². The predicted molar refractivity (Wildman–Crippen MR) is 124 cm³/mol. The zero-order valence-corrected chi connectivity index (χ0v) is 18.5. The van der Waals surface area contributed by atoms with Gasteiger partial charge in [-0.1, -0.05) is 35.3 Å². The fraction of sp³-hybridized carbons (Fsp3) is 0.136. The van der Waals surface area contributed by atoms with E-state index in [4.69, 9.17) is 27.9 Å². The van der Waals surface area contributed by atoms with Crippen molar-refractivity contribution in [2.24, 2.45) is 0 Å². The number of nitrogens with one attached hydrogen (secondary N) is 1. The molecular formula is C22H15Cl2N3O3S. The van der Waals surface area contributed by atoms with Crippen molar-refractivity contribution in [2.75, 3.05) is 12.0 Å². The molecule has 0 spiro atoms. The van der Waals surface area contributed by atoms with Crippen molar-refractivity contribution in [3.05, 3.63) is 70.5 Å². The lowest BCUT2D eigenvalue weighted by atomic mass is 10.1. The highest BCUT2D eigenvalue weighted by Gasteiger charge is 2.45. The van der Waals surface area contributed by atoms with Crippen LogP contribution in [0.1, 0.15) is 5.56 Å². The molecule has 3 heterocycles. The van der Waals surface area contributed by atoms with E-state index < -0.39 is 17.3 Å². The first-order valence-corrected chi connectivity index (χ1v) is 11.0. The molecule has 2 aliphatic heterocycles. The summed E-state index contributed by atoms with van der Waals surface area (Å²) < 4.78 is 5.29. The number of benzene rings is 2. The van der Waals surface area contributed by atoms with E-state index in [0.717, 1.165) is 15.4 Å². The molecule has 0 saturated carbocycles. The summed E-state index contributed by atoms with van der Waals surface area (Å²) in [6, 6.07) is 9.72. The van der Waals surface area contributed by atoms with Crippen LogP contribution >= 0.6 is 35.0 Å². The third-order valence-electron chi connectivity index (χ3n) is 5.28. The van der Waals surface area contributed by atoms with Gasteiger partial charge in [0, 0.05) is 32.5 Å². The normalized spacial score (nSPS) is 20.5. The highest BCUT2D eigenvalue weighted by Crippen LogP contribution is 2.45. The van der Waals surface area contributed by atoms with Gasteiger partial charge in [0.1, 0.15) is 11.0 Å². The first-order valence-electron chi connectivity index (χ1n) is 9.37. The number of halogens is 2. The SMILES string of the molecule is COc1ccc(Cl)c(C2=CC3NC(=O)N(c4cncc5c(Cl)cccc45)C(=O)C3S2)c1. The summed E-state index contributed by atoms with van der Waals surface area (Å²) in [4.78, 5) is 32.5. The van der Waals surface area contributed by atoms with E-state index in [-0.39, 0.29) is 5.91 Å². The van der Waals surface area contributed by atoms with E-state index in [9.17, 15) is 9.59 Å². The Morgan fingerprint density at radius 1 is 1.10 bits per heavy atom. The topological polar surface area (TPSA) is 71.5 Å². The number of urea groups is 1. The van der Waals surface area contributed by atoms with Gasteiger partial charge in [0.2, 0.25) is 0 Å². The standard InChI is InChI=1S/C22H15Cl2N3O3S/c1-30-11-5-6-16(24)13(7-11)19-8-17-20(31-19)21(28)27(22(29)26-17)18-10-25-9-14-12(18)3-2-4-15(14)23/h2-10,17,20H,1H3,(H,26,29). The van der Waals surface area contributed by atoms with E-state index >= 15 is 0 Å². The Hall–Kier alpha value is -2.74.